The molecule has 1 atom stereocenters. The molecule has 0 saturated carbocycles. The number of amides is 2. The van der Waals surface area contributed by atoms with Gasteiger partial charge in [-0.3, -0.25) is 0 Å². The highest BCUT2D eigenvalue weighted by molar-refractivity contribution is 6.31. The molecule has 0 radical (unpaired) electrons. The fourth-order valence-corrected chi connectivity index (χ4v) is 1.45. The number of hydrogen-bond acceptors (Lipinski definition) is 2. The molecule has 94 valence electrons. The third-order valence-electron chi connectivity index (χ3n) is 1.99. The van der Waals surface area contributed by atoms with Gasteiger partial charge in [-0.25, -0.2) is 9.18 Å². The molecule has 0 bridgehead atoms. The van der Waals surface area contributed by atoms with Gasteiger partial charge in [0.2, 0.25) is 0 Å². The standard InChI is InChI=1S/C11H14ClFN2O2/c1-7(6-17-2)14-11(16)15-9-5-3-4-8(12)10(9)13/h3-5,7H,6H2,1-2H3,(H2,14,15,16)/t7-/m1/s1. The third kappa shape index (κ3) is 4.20. The molecule has 1 aromatic rings. The Morgan fingerprint density at radius 1 is 1.59 bits per heavy atom. The monoisotopic (exact) mass is 260 g/mol. The Morgan fingerprint density at radius 2 is 2.29 bits per heavy atom. The number of benzene rings is 1. The van der Waals surface area contributed by atoms with E-state index in [0.717, 1.165) is 0 Å². The third-order valence-corrected chi connectivity index (χ3v) is 2.29. The van der Waals surface area contributed by atoms with Crippen molar-refractivity contribution in [2.75, 3.05) is 19.0 Å². The van der Waals surface area contributed by atoms with Crippen molar-refractivity contribution in [3.63, 3.8) is 0 Å². The Labute approximate surface area is 104 Å². The highest BCUT2D eigenvalue weighted by Gasteiger charge is 2.11. The van der Waals surface area contributed by atoms with E-state index in [4.69, 9.17) is 16.3 Å². The topological polar surface area (TPSA) is 50.4 Å². The minimum atomic E-state index is -0.649. The van der Waals surface area contributed by atoms with Crippen LogP contribution in [0.3, 0.4) is 0 Å². The van der Waals surface area contributed by atoms with Gasteiger partial charge in [-0.05, 0) is 19.1 Å². The molecule has 0 unspecified atom stereocenters. The summed E-state index contributed by atoms with van der Waals surface area (Å²) in [5, 5.41) is 4.93. The van der Waals surface area contributed by atoms with E-state index in [1.807, 2.05) is 0 Å². The highest BCUT2D eigenvalue weighted by Crippen LogP contribution is 2.21. The number of carbonyl (C=O) groups excluding carboxylic acids is 1. The molecule has 0 aromatic heterocycles. The summed E-state index contributed by atoms with van der Waals surface area (Å²) in [6, 6.07) is 3.73. The molecule has 0 aliphatic rings. The van der Waals surface area contributed by atoms with E-state index in [0.29, 0.717) is 6.61 Å². The van der Waals surface area contributed by atoms with Gasteiger partial charge >= 0.3 is 6.03 Å². The van der Waals surface area contributed by atoms with Gasteiger partial charge in [0.1, 0.15) is 0 Å². The van der Waals surface area contributed by atoms with Crippen LogP contribution in [0, 0.1) is 5.82 Å². The Kier molecular flexibility index (Phi) is 5.18. The summed E-state index contributed by atoms with van der Waals surface area (Å²) in [6.45, 7) is 2.16. The molecule has 0 saturated heterocycles. The lowest BCUT2D eigenvalue weighted by atomic mass is 10.3. The van der Waals surface area contributed by atoms with Crippen LogP contribution in [0.1, 0.15) is 6.92 Å². The largest absolute Gasteiger partial charge is 0.383 e. The summed E-state index contributed by atoms with van der Waals surface area (Å²) in [5.41, 5.74) is 0.0413. The maximum absolute atomic E-state index is 13.4. The molecule has 17 heavy (non-hydrogen) atoms. The molecule has 2 amide bonds. The fraction of sp³-hybridized carbons (Fsp3) is 0.364. The summed E-state index contributed by atoms with van der Waals surface area (Å²) in [5.74, 6) is -0.649. The van der Waals surface area contributed by atoms with Crippen LogP contribution in [-0.4, -0.2) is 25.8 Å². The minimum absolute atomic E-state index is 0.0345. The van der Waals surface area contributed by atoms with Gasteiger partial charge in [-0.1, -0.05) is 17.7 Å². The van der Waals surface area contributed by atoms with E-state index in [2.05, 4.69) is 10.6 Å². The van der Waals surface area contributed by atoms with Gasteiger partial charge < -0.3 is 15.4 Å². The second kappa shape index (κ2) is 6.42. The highest BCUT2D eigenvalue weighted by atomic mass is 35.5. The lowest BCUT2D eigenvalue weighted by Gasteiger charge is -2.14. The lowest BCUT2D eigenvalue weighted by Crippen LogP contribution is -2.38. The number of methoxy groups -OCH3 is 1. The van der Waals surface area contributed by atoms with E-state index in [-0.39, 0.29) is 16.8 Å². The van der Waals surface area contributed by atoms with Gasteiger partial charge in [0.25, 0.3) is 0 Å². The first-order valence-electron chi connectivity index (χ1n) is 5.05. The molecular weight excluding hydrogens is 247 g/mol. The molecule has 0 aliphatic heterocycles. The average Bonchev–Trinajstić information content (AvgIpc) is 2.25. The molecule has 0 fully saturated rings. The smallest absolute Gasteiger partial charge is 0.319 e. The Bertz CT molecular complexity index is 401. The van der Waals surface area contributed by atoms with Crippen molar-refractivity contribution in [2.24, 2.45) is 0 Å². The molecule has 0 heterocycles. The number of hydrogen-bond donors (Lipinski definition) is 2. The molecule has 2 N–H and O–H groups in total. The van der Waals surface area contributed by atoms with Gasteiger partial charge in [0, 0.05) is 7.11 Å². The van der Waals surface area contributed by atoms with Crippen LogP contribution in [0.2, 0.25) is 5.02 Å². The van der Waals surface area contributed by atoms with Gasteiger partial charge in [0.05, 0.1) is 23.4 Å². The van der Waals surface area contributed by atoms with Crippen molar-refractivity contribution in [3.05, 3.63) is 29.0 Å². The van der Waals surface area contributed by atoms with E-state index < -0.39 is 11.8 Å². The second-order valence-corrected chi connectivity index (χ2v) is 3.96. The maximum atomic E-state index is 13.4. The number of urea groups is 1. The summed E-state index contributed by atoms with van der Waals surface area (Å²) in [7, 11) is 1.53. The fourth-order valence-electron chi connectivity index (χ4n) is 1.27. The van der Waals surface area contributed by atoms with Crippen LogP contribution >= 0.6 is 11.6 Å². The number of carbonyl (C=O) groups is 1. The predicted molar refractivity (Wildman–Crippen MR) is 64.9 cm³/mol. The zero-order valence-corrected chi connectivity index (χ0v) is 10.3. The molecule has 4 nitrogen and oxygen atoms in total. The number of halogens is 2. The number of anilines is 1. The first-order chi connectivity index (χ1) is 8.04. The Balaban J connectivity index is 2.59. The SMILES string of the molecule is COC[C@@H](C)NC(=O)Nc1cccc(Cl)c1F. The zero-order chi connectivity index (χ0) is 12.8. The van der Waals surface area contributed by atoms with Crippen LogP contribution < -0.4 is 10.6 Å². The van der Waals surface area contributed by atoms with Crippen molar-refractivity contribution < 1.29 is 13.9 Å². The first-order valence-corrected chi connectivity index (χ1v) is 5.43. The average molecular weight is 261 g/mol. The molecule has 0 spiro atoms. The Hall–Kier alpha value is -1.33. The normalized spacial score (nSPS) is 12.0. The van der Waals surface area contributed by atoms with Crippen LogP contribution in [-0.2, 0) is 4.74 Å². The molecule has 6 heteroatoms. The first kappa shape index (κ1) is 13.7. The van der Waals surface area contributed by atoms with Gasteiger partial charge in [-0.15, -0.1) is 0 Å². The van der Waals surface area contributed by atoms with Crippen LogP contribution in [0.4, 0.5) is 14.9 Å². The predicted octanol–water partition coefficient (Wildman–Crippen LogP) is 2.64. The summed E-state index contributed by atoms with van der Waals surface area (Å²) >= 11 is 5.59. The second-order valence-electron chi connectivity index (χ2n) is 3.56. The lowest BCUT2D eigenvalue weighted by molar-refractivity contribution is 0.173. The summed E-state index contributed by atoms with van der Waals surface area (Å²) in [6.07, 6.45) is 0. The number of ether oxygens (including phenoxy) is 1. The van der Waals surface area contributed by atoms with Crippen LogP contribution in [0.5, 0.6) is 0 Å². The minimum Gasteiger partial charge on any atom is -0.383 e. The zero-order valence-electron chi connectivity index (χ0n) is 9.59. The summed E-state index contributed by atoms with van der Waals surface area (Å²) < 4.78 is 18.3. The van der Waals surface area contributed by atoms with Crippen LogP contribution in [0.25, 0.3) is 0 Å². The maximum Gasteiger partial charge on any atom is 0.319 e. The molecule has 1 rings (SSSR count). The number of nitrogens with one attached hydrogen (secondary N) is 2. The van der Waals surface area contributed by atoms with Gasteiger partial charge in [-0.2, -0.15) is 0 Å². The van der Waals surface area contributed by atoms with Crippen molar-refractivity contribution in [3.8, 4) is 0 Å². The molecule has 1 aromatic carbocycles. The van der Waals surface area contributed by atoms with E-state index >= 15 is 0 Å². The quantitative estimate of drug-likeness (QED) is 0.874. The van der Waals surface area contributed by atoms with Crippen LogP contribution in [0.15, 0.2) is 18.2 Å². The molecular formula is C11H14ClFN2O2. The summed E-state index contributed by atoms with van der Waals surface area (Å²) in [4.78, 5) is 11.5. The molecule has 0 aliphatic carbocycles. The van der Waals surface area contributed by atoms with Crippen molar-refractivity contribution in [1.82, 2.24) is 5.32 Å². The number of rotatable bonds is 4. The van der Waals surface area contributed by atoms with E-state index in [1.54, 1.807) is 13.0 Å². The Morgan fingerprint density at radius 3 is 2.94 bits per heavy atom. The van der Waals surface area contributed by atoms with E-state index in [1.165, 1.54) is 19.2 Å². The van der Waals surface area contributed by atoms with Gasteiger partial charge in [0.15, 0.2) is 5.82 Å². The van der Waals surface area contributed by atoms with E-state index in [9.17, 15) is 9.18 Å². The van der Waals surface area contributed by atoms with Crippen molar-refractivity contribution in [1.29, 1.82) is 0 Å². The van der Waals surface area contributed by atoms with Crippen molar-refractivity contribution >= 4 is 23.3 Å². The van der Waals surface area contributed by atoms with Crippen molar-refractivity contribution in [2.45, 2.75) is 13.0 Å².